The van der Waals surface area contributed by atoms with E-state index >= 15 is 0 Å². The van der Waals surface area contributed by atoms with Crippen LogP contribution in [0.15, 0.2) is 18.2 Å². The Labute approximate surface area is 114 Å². The Morgan fingerprint density at radius 2 is 2.16 bits per heavy atom. The van der Waals surface area contributed by atoms with Gasteiger partial charge in [0, 0.05) is 24.8 Å². The summed E-state index contributed by atoms with van der Waals surface area (Å²) in [5, 5.41) is 15.0. The number of aliphatic hydroxyl groups excluding tert-OH is 1. The fourth-order valence-electron chi connectivity index (χ4n) is 1.85. The van der Waals surface area contributed by atoms with Crippen molar-refractivity contribution in [2.75, 3.05) is 24.2 Å². The number of nitrogens with one attached hydrogen (secondary N) is 2. The van der Waals surface area contributed by atoms with Crippen LogP contribution in [0.1, 0.15) is 37.0 Å². The zero-order valence-corrected chi connectivity index (χ0v) is 11.6. The van der Waals surface area contributed by atoms with Crippen LogP contribution in [0, 0.1) is 0 Å². The Morgan fingerprint density at radius 1 is 1.42 bits per heavy atom. The highest BCUT2D eigenvalue weighted by Gasteiger charge is 2.10. The molecule has 1 aromatic carbocycles. The van der Waals surface area contributed by atoms with Crippen molar-refractivity contribution in [3.05, 3.63) is 23.8 Å². The van der Waals surface area contributed by atoms with Crippen molar-refractivity contribution in [3.8, 4) is 0 Å². The minimum Gasteiger partial charge on any atom is -0.397 e. The van der Waals surface area contributed by atoms with E-state index in [1.807, 2.05) is 13.8 Å². The van der Waals surface area contributed by atoms with E-state index in [0.717, 1.165) is 12.1 Å². The van der Waals surface area contributed by atoms with Crippen LogP contribution in [0.4, 0.5) is 11.4 Å². The lowest BCUT2D eigenvalue weighted by atomic mass is 10.1. The minimum atomic E-state index is -0.122. The largest absolute Gasteiger partial charge is 0.397 e. The molecule has 0 aliphatic carbocycles. The molecule has 0 bridgehead atoms. The summed E-state index contributed by atoms with van der Waals surface area (Å²) < 4.78 is 0. The first-order valence-electron chi connectivity index (χ1n) is 6.67. The van der Waals surface area contributed by atoms with E-state index in [-0.39, 0.29) is 18.6 Å². The fourth-order valence-corrected chi connectivity index (χ4v) is 1.85. The molecule has 0 saturated heterocycles. The Kier molecular flexibility index (Phi) is 6.15. The molecule has 0 aliphatic heterocycles. The average Bonchev–Trinajstić information content (AvgIpc) is 2.40. The summed E-state index contributed by atoms with van der Waals surface area (Å²) in [6, 6.07) is 5.40. The van der Waals surface area contributed by atoms with E-state index in [1.54, 1.807) is 18.2 Å². The first kappa shape index (κ1) is 15.3. The molecular formula is C14H23N3O2. The maximum absolute atomic E-state index is 11.7. The Hall–Kier alpha value is -1.75. The first-order valence-corrected chi connectivity index (χ1v) is 6.67. The van der Waals surface area contributed by atoms with E-state index in [0.29, 0.717) is 24.2 Å². The number of carbonyl (C=O) groups is 1. The monoisotopic (exact) mass is 265 g/mol. The number of carbonyl (C=O) groups excluding carboxylic acids is 1. The maximum atomic E-state index is 11.7. The second-order valence-corrected chi connectivity index (χ2v) is 4.42. The van der Waals surface area contributed by atoms with Crippen LogP contribution in [0.5, 0.6) is 0 Å². The van der Waals surface area contributed by atoms with Crippen LogP contribution >= 0.6 is 0 Å². The van der Waals surface area contributed by atoms with Crippen molar-refractivity contribution in [1.82, 2.24) is 5.32 Å². The maximum Gasteiger partial charge on any atom is 0.251 e. The molecule has 19 heavy (non-hydrogen) atoms. The van der Waals surface area contributed by atoms with Gasteiger partial charge in [-0.2, -0.15) is 0 Å². The standard InChI is InChI=1S/C14H23N3O2/c1-3-11(7-8-18)17-13-6-5-10(9-12(13)15)14(19)16-4-2/h5-6,9,11,17-18H,3-4,7-8,15H2,1-2H3,(H,16,19). The van der Waals surface area contributed by atoms with Gasteiger partial charge in [0.25, 0.3) is 5.91 Å². The second kappa shape index (κ2) is 7.63. The second-order valence-electron chi connectivity index (χ2n) is 4.42. The van der Waals surface area contributed by atoms with Gasteiger partial charge < -0.3 is 21.5 Å². The molecule has 0 spiro atoms. The highest BCUT2D eigenvalue weighted by molar-refractivity contribution is 5.96. The van der Waals surface area contributed by atoms with E-state index in [2.05, 4.69) is 10.6 Å². The Balaban J connectivity index is 2.79. The van der Waals surface area contributed by atoms with E-state index < -0.39 is 0 Å². The van der Waals surface area contributed by atoms with Gasteiger partial charge in [-0.1, -0.05) is 6.92 Å². The summed E-state index contributed by atoms with van der Waals surface area (Å²) in [4.78, 5) is 11.7. The Bertz CT molecular complexity index is 421. The molecule has 0 heterocycles. The number of rotatable bonds is 7. The molecule has 1 amide bonds. The molecule has 0 saturated carbocycles. The first-order chi connectivity index (χ1) is 9.12. The fraction of sp³-hybridized carbons (Fsp3) is 0.500. The van der Waals surface area contributed by atoms with Crippen LogP contribution in [-0.2, 0) is 0 Å². The van der Waals surface area contributed by atoms with Crippen molar-refractivity contribution >= 4 is 17.3 Å². The minimum absolute atomic E-state index is 0.122. The molecule has 5 heteroatoms. The van der Waals surface area contributed by atoms with Gasteiger partial charge in [-0.25, -0.2) is 0 Å². The lowest BCUT2D eigenvalue weighted by molar-refractivity contribution is 0.0956. The zero-order chi connectivity index (χ0) is 14.3. The molecule has 5 nitrogen and oxygen atoms in total. The third-order valence-corrected chi connectivity index (χ3v) is 2.98. The average molecular weight is 265 g/mol. The number of aliphatic hydroxyl groups is 1. The highest BCUT2D eigenvalue weighted by atomic mass is 16.3. The summed E-state index contributed by atoms with van der Waals surface area (Å²) in [6.45, 7) is 4.65. The third-order valence-electron chi connectivity index (χ3n) is 2.98. The molecule has 1 rings (SSSR count). The van der Waals surface area contributed by atoms with E-state index in [1.165, 1.54) is 0 Å². The van der Waals surface area contributed by atoms with Crippen molar-refractivity contribution < 1.29 is 9.90 Å². The number of nitrogen functional groups attached to an aromatic ring is 1. The predicted molar refractivity (Wildman–Crippen MR) is 78.3 cm³/mol. The SMILES string of the molecule is CCNC(=O)c1ccc(NC(CC)CCO)c(N)c1. The van der Waals surface area contributed by atoms with Gasteiger partial charge in [0.05, 0.1) is 11.4 Å². The van der Waals surface area contributed by atoms with E-state index in [9.17, 15) is 4.79 Å². The normalized spacial score (nSPS) is 11.9. The van der Waals surface area contributed by atoms with E-state index in [4.69, 9.17) is 10.8 Å². The molecule has 0 radical (unpaired) electrons. The van der Waals surface area contributed by atoms with Crippen LogP contribution < -0.4 is 16.4 Å². The molecule has 5 N–H and O–H groups in total. The number of nitrogens with two attached hydrogens (primary N) is 1. The quantitative estimate of drug-likeness (QED) is 0.564. The number of hydrogen-bond acceptors (Lipinski definition) is 4. The van der Waals surface area contributed by atoms with Gasteiger partial charge in [0.2, 0.25) is 0 Å². The van der Waals surface area contributed by atoms with Crippen molar-refractivity contribution in [2.45, 2.75) is 32.7 Å². The number of hydrogen-bond donors (Lipinski definition) is 4. The van der Waals surface area contributed by atoms with Gasteiger partial charge in [-0.05, 0) is 38.0 Å². The molecule has 0 aromatic heterocycles. The molecule has 1 atom stereocenters. The third kappa shape index (κ3) is 4.44. The molecular weight excluding hydrogens is 242 g/mol. The summed E-state index contributed by atoms with van der Waals surface area (Å²) in [5.74, 6) is -0.122. The molecule has 1 unspecified atom stereocenters. The van der Waals surface area contributed by atoms with Crippen LogP contribution in [0.3, 0.4) is 0 Å². The number of amides is 1. The van der Waals surface area contributed by atoms with Crippen LogP contribution in [-0.4, -0.2) is 30.2 Å². The van der Waals surface area contributed by atoms with Gasteiger partial charge in [0.1, 0.15) is 0 Å². The van der Waals surface area contributed by atoms with Crippen molar-refractivity contribution in [2.24, 2.45) is 0 Å². The lowest BCUT2D eigenvalue weighted by Gasteiger charge is -2.19. The molecule has 0 fully saturated rings. The lowest BCUT2D eigenvalue weighted by Crippen LogP contribution is -2.23. The summed E-state index contributed by atoms with van der Waals surface area (Å²) in [5.41, 5.74) is 7.85. The summed E-state index contributed by atoms with van der Waals surface area (Å²) in [7, 11) is 0. The summed E-state index contributed by atoms with van der Waals surface area (Å²) >= 11 is 0. The van der Waals surface area contributed by atoms with Gasteiger partial charge in [0.15, 0.2) is 0 Å². The molecule has 1 aromatic rings. The summed E-state index contributed by atoms with van der Waals surface area (Å²) in [6.07, 6.45) is 1.58. The van der Waals surface area contributed by atoms with Crippen LogP contribution in [0.25, 0.3) is 0 Å². The highest BCUT2D eigenvalue weighted by Crippen LogP contribution is 2.22. The van der Waals surface area contributed by atoms with Gasteiger partial charge in [-0.15, -0.1) is 0 Å². The number of benzene rings is 1. The van der Waals surface area contributed by atoms with Crippen molar-refractivity contribution in [1.29, 1.82) is 0 Å². The van der Waals surface area contributed by atoms with Crippen LogP contribution in [0.2, 0.25) is 0 Å². The Morgan fingerprint density at radius 3 is 2.68 bits per heavy atom. The number of anilines is 2. The molecule has 0 aliphatic rings. The van der Waals surface area contributed by atoms with Crippen molar-refractivity contribution in [3.63, 3.8) is 0 Å². The smallest absolute Gasteiger partial charge is 0.251 e. The topological polar surface area (TPSA) is 87.4 Å². The zero-order valence-electron chi connectivity index (χ0n) is 11.6. The predicted octanol–water partition coefficient (Wildman–Crippen LogP) is 1.59. The van der Waals surface area contributed by atoms with Gasteiger partial charge in [-0.3, -0.25) is 4.79 Å². The molecule has 106 valence electrons. The van der Waals surface area contributed by atoms with Gasteiger partial charge >= 0.3 is 0 Å².